The first-order chi connectivity index (χ1) is 10.7. The van der Waals surface area contributed by atoms with Gasteiger partial charge in [-0.05, 0) is 36.0 Å². The molecular formula is C20H25NO. The standard InChI is InChI=1S/C20H25NO/c1-2-18-10-6-7-11-19(18)20(22)12-14-21(15-13-20)16-17-8-4-3-5-9-17/h3-11,22H,2,12-16H2,1H3. The van der Waals surface area contributed by atoms with Crippen LogP contribution in [0.2, 0.25) is 0 Å². The van der Waals surface area contributed by atoms with Gasteiger partial charge in [0.25, 0.3) is 0 Å². The summed E-state index contributed by atoms with van der Waals surface area (Å²) in [7, 11) is 0. The molecular weight excluding hydrogens is 270 g/mol. The molecule has 1 aliphatic heterocycles. The number of benzene rings is 2. The summed E-state index contributed by atoms with van der Waals surface area (Å²) in [5.74, 6) is 0. The van der Waals surface area contributed by atoms with E-state index in [1.54, 1.807) is 0 Å². The largest absolute Gasteiger partial charge is 0.385 e. The fourth-order valence-electron chi connectivity index (χ4n) is 3.47. The van der Waals surface area contributed by atoms with Crippen molar-refractivity contribution in [3.8, 4) is 0 Å². The second kappa shape index (κ2) is 6.64. The summed E-state index contributed by atoms with van der Waals surface area (Å²) in [4.78, 5) is 2.44. The summed E-state index contributed by atoms with van der Waals surface area (Å²) < 4.78 is 0. The van der Waals surface area contributed by atoms with Crippen LogP contribution in [0.4, 0.5) is 0 Å². The van der Waals surface area contributed by atoms with Gasteiger partial charge in [-0.2, -0.15) is 0 Å². The van der Waals surface area contributed by atoms with E-state index in [9.17, 15) is 5.11 Å². The highest BCUT2D eigenvalue weighted by Gasteiger charge is 2.35. The molecule has 0 saturated carbocycles. The molecule has 1 N–H and O–H groups in total. The molecule has 0 atom stereocenters. The molecule has 0 aliphatic carbocycles. The monoisotopic (exact) mass is 295 g/mol. The molecule has 1 heterocycles. The molecule has 2 aromatic carbocycles. The number of hydrogen-bond acceptors (Lipinski definition) is 2. The van der Waals surface area contributed by atoms with Gasteiger partial charge in [-0.3, -0.25) is 4.90 Å². The van der Waals surface area contributed by atoms with E-state index in [-0.39, 0.29) is 0 Å². The van der Waals surface area contributed by atoms with E-state index in [4.69, 9.17) is 0 Å². The van der Waals surface area contributed by atoms with Crippen LogP contribution in [0.1, 0.15) is 36.5 Å². The molecule has 1 fully saturated rings. The van der Waals surface area contributed by atoms with Gasteiger partial charge in [-0.25, -0.2) is 0 Å². The molecule has 0 spiro atoms. The number of nitrogens with zero attached hydrogens (tertiary/aromatic N) is 1. The minimum atomic E-state index is -0.653. The Labute approximate surface area is 133 Å². The molecule has 2 aromatic rings. The van der Waals surface area contributed by atoms with E-state index in [1.807, 2.05) is 6.07 Å². The van der Waals surface area contributed by atoms with Gasteiger partial charge < -0.3 is 5.11 Å². The average molecular weight is 295 g/mol. The minimum absolute atomic E-state index is 0.653. The van der Waals surface area contributed by atoms with Gasteiger partial charge in [0.1, 0.15) is 0 Å². The van der Waals surface area contributed by atoms with Gasteiger partial charge in [-0.1, -0.05) is 61.5 Å². The second-order valence-corrected chi connectivity index (χ2v) is 6.30. The Hall–Kier alpha value is -1.64. The fraction of sp³-hybridized carbons (Fsp3) is 0.400. The number of hydrogen-bond donors (Lipinski definition) is 1. The molecule has 2 nitrogen and oxygen atoms in total. The summed E-state index contributed by atoms with van der Waals surface area (Å²) in [5.41, 5.74) is 3.11. The van der Waals surface area contributed by atoms with Crippen LogP contribution in [0, 0.1) is 0 Å². The molecule has 0 amide bonds. The van der Waals surface area contributed by atoms with E-state index in [2.05, 4.69) is 60.4 Å². The smallest absolute Gasteiger partial charge is 0.0923 e. The van der Waals surface area contributed by atoms with Crippen molar-refractivity contribution in [2.24, 2.45) is 0 Å². The number of aliphatic hydroxyl groups is 1. The quantitative estimate of drug-likeness (QED) is 0.929. The highest BCUT2D eigenvalue weighted by atomic mass is 16.3. The van der Waals surface area contributed by atoms with Crippen LogP contribution < -0.4 is 0 Å². The van der Waals surface area contributed by atoms with Gasteiger partial charge in [0, 0.05) is 19.6 Å². The number of likely N-dealkylation sites (tertiary alicyclic amines) is 1. The summed E-state index contributed by atoms with van der Waals surface area (Å²) in [6.45, 7) is 5.03. The first kappa shape index (κ1) is 15.3. The van der Waals surface area contributed by atoms with Crippen LogP contribution in [-0.2, 0) is 18.6 Å². The third kappa shape index (κ3) is 3.23. The third-order valence-electron chi connectivity index (χ3n) is 4.83. The van der Waals surface area contributed by atoms with Crippen LogP contribution in [0.5, 0.6) is 0 Å². The van der Waals surface area contributed by atoms with Gasteiger partial charge in [0.05, 0.1) is 5.60 Å². The molecule has 1 aliphatic rings. The summed E-state index contributed by atoms with van der Waals surface area (Å²) >= 11 is 0. The lowest BCUT2D eigenvalue weighted by atomic mass is 9.81. The Kier molecular flexibility index (Phi) is 4.60. The highest BCUT2D eigenvalue weighted by Crippen LogP contribution is 2.35. The summed E-state index contributed by atoms with van der Waals surface area (Å²) in [5, 5.41) is 11.1. The maximum Gasteiger partial charge on any atom is 0.0923 e. The first-order valence-corrected chi connectivity index (χ1v) is 8.28. The third-order valence-corrected chi connectivity index (χ3v) is 4.83. The molecule has 2 heteroatoms. The average Bonchev–Trinajstić information content (AvgIpc) is 2.58. The van der Waals surface area contributed by atoms with Crippen molar-refractivity contribution < 1.29 is 5.11 Å². The van der Waals surface area contributed by atoms with Gasteiger partial charge in [0.15, 0.2) is 0 Å². The van der Waals surface area contributed by atoms with Crippen molar-refractivity contribution >= 4 is 0 Å². The zero-order chi connectivity index (χ0) is 15.4. The molecule has 1 saturated heterocycles. The zero-order valence-electron chi connectivity index (χ0n) is 13.3. The lowest BCUT2D eigenvalue weighted by Crippen LogP contribution is -2.42. The van der Waals surface area contributed by atoms with E-state index >= 15 is 0 Å². The Morgan fingerprint density at radius 3 is 2.27 bits per heavy atom. The number of rotatable bonds is 4. The van der Waals surface area contributed by atoms with Crippen molar-refractivity contribution in [3.63, 3.8) is 0 Å². The van der Waals surface area contributed by atoms with Gasteiger partial charge in [0.2, 0.25) is 0 Å². The number of aryl methyl sites for hydroxylation is 1. The van der Waals surface area contributed by atoms with Crippen LogP contribution >= 0.6 is 0 Å². The lowest BCUT2D eigenvalue weighted by molar-refractivity contribution is -0.0283. The Balaban J connectivity index is 1.68. The summed E-state index contributed by atoms with van der Waals surface area (Å²) in [6.07, 6.45) is 2.61. The Bertz CT molecular complexity index is 600. The van der Waals surface area contributed by atoms with E-state index in [0.29, 0.717) is 0 Å². The van der Waals surface area contributed by atoms with Crippen molar-refractivity contribution in [2.45, 2.75) is 38.3 Å². The van der Waals surface area contributed by atoms with E-state index in [1.165, 1.54) is 11.1 Å². The predicted octanol–water partition coefficient (Wildman–Crippen LogP) is 3.73. The molecule has 0 aromatic heterocycles. The van der Waals surface area contributed by atoms with Crippen molar-refractivity contribution in [1.29, 1.82) is 0 Å². The van der Waals surface area contributed by atoms with Crippen LogP contribution in [0.25, 0.3) is 0 Å². The maximum atomic E-state index is 11.1. The van der Waals surface area contributed by atoms with Crippen LogP contribution in [0.15, 0.2) is 54.6 Å². The predicted molar refractivity (Wildman–Crippen MR) is 90.7 cm³/mol. The van der Waals surface area contributed by atoms with Crippen molar-refractivity contribution in [2.75, 3.05) is 13.1 Å². The Morgan fingerprint density at radius 2 is 1.59 bits per heavy atom. The van der Waals surface area contributed by atoms with Crippen LogP contribution in [0.3, 0.4) is 0 Å². The first-order valence-electron chi connectivity index (χ1n) is 8.28. The van der Waals surface area contributed by atoms with E-state index in [0.717, 1.165) is 44.5 Å². The lowest BCUT2D eigenvalue weighted by Gasteiger charge is -2.39. The molecule has 3 rings (SSSR count). The van der Waals surface area contributed by atoms with Crippen LogP contribution in [-0.4, -0.2) is 23.1 Å². The highest BCUT2D eigenvalue weighted by molar-refractivity contribution is 5.33. The molecule has 0 bridgehead atoms. The molecule has 116 valence electrons. The van der Waals surface area contributed by atoms with Gasteiger partial charge in [-0.15, -0.1) is 0 Å². The van der Waals surface area contributed by atoms with E-state index < -0.39 is 5.60 Å². The zero-order valence-corrected chi connectivity index (χ0v) is 13.3. The van der Waals surface area contributed by atoms with Crippen molar-refractivity contribution in [3.05, 3.63) is 71.3 Å². The maximum absolute atomic E-state index is 11.1. The van der Waals surface area contributed by atoms with Gasteiger partial charge >= 0.3 is 0 Å². The minimum Gasteiger partial charge on any atom is -0.385 e. The molecule has 22 heavy (non-hydrogen) atoms. The normalized spacial score (nSPS) is 18.3. The fourth-order valence-corrected chi connectivity index (χ4v) is 3.47. The molecule has 0 unspecified atom stereocenters. The Morgan fingerprint density at radius 1 is 0.955 bits per heavy atom. The van der Waals surface area contributed by atoms with Crippen molar-refractivity contribution in [1.82, 2.24) is 4.90 Å². The number of piperidine rings is 1. The molecule has 0 radical (unpaired) electrons. The SMILES string of the molecule is CCc1ccccc1C1(O)CCN(Cc2ccccc2)CC1. The second-order valence-electron chi connectivity index (χ2n) is 6.30. The topological polar surface area (TPSA) is 23.5 Å². The summed E-state index contributed by atoms with van der Waals surface area (Å²) in [6, 6.07) is 18.9.